The maximum atomic E-state index is 13.5. The molecule has 3 aromatic rings. The normalized spacial score (nSPS) is 11.6. The molecule has 0 fully saturated rings. The van der Waals surface area contributed by atoms with E-state index < -0.39 is 6.04 Å². The first-order valence-corrected chi connectivity index (χ1v) is 12.4. The van der Waals surface area contributed by atoms with Gasteiger partial charge in [0.1, 0.15) is 6.04 Å². The van der Waals surface area contributed by atoms with Gasteiger partial charge in [-0.2, -0.15) is 0 Å². The van der Waals surface area contributed by atoms with Crippen molar-refractivity contribution in [2.75, 3.05) is 12.3 Å². The summed E-state index contributed by atoms with van der Waals surface area (Å²) in [6.45, 7) is 5.05. The number of benzene rings is 3. The number of thioether (sulfide) groups is 1. The van der Waals surface area contributed by atoms with Gasteiger partial charge >= 0.3 is 0 Å². The summed E-state index contributed by atoms with van der Waals surface area (Å²) in [4.78, 5) is 29.6. The zero-order valence-corrected chi connectivity index (χ0v) is 20.2. The van der Waals surface area contributed by atoms with Crippen molar-refractivity contribution in [1.29, 1.82) is 0 Å². The molecule has 0 aromatic heterocycles. The van der Waals surface area contributed by atoms with E-state index in [0.717, 1.165) is 28.0 Å². The summed E-state index contributed by atoms with van der Waals surface area (Å²) in [5.41, 5.74) is 3.21. The summed E-state index contributed by atoms with van der Waals surface area (Å²) in [5, 5.41) is 3.02. The Bertz CT molecular complexity index is 1010. The van der Waals surface area contributed by atoms with Crippen molar-refractivity contribution in [3.05, 3.63) is 102 Å². The topological polar surface area (TPSA) is 49.4 Å². The Kier molecular flexibility index (Phi) is 9.58. The van der Waals surface area contributed by atoms with E-state index in [1.165, 1.54) is 11.8 Å². The molecule has 172 valence electrons. The molecule has 33 heavy (non-hydrogen) atoms. The average Bonchev–Trinajstić information content (AvgIpc) is 2.85. The summed E-state index contributed by atoms with van der Waals surface area (Å²) in [7, 11) is 0. The maximum absolute atomic E-state index is 13.5. The van der Waals surface area contributed by atoms with Gasteiger partial charge in [0.15, 0.2) is 0 Å². The fourth-order valence-corrected chi connectivity index (χ4v) is 4.36. The van der Waals surface area contributed by atoms with Crippen molar-refractivity contribution in [3.63, 3.8) is 0 Å². The zero-order valence-electron chi connectivity index (χ0n) is 19.4. The molecule has 1 N–H and O–H groups in total. The number of hydrogen-bond donors (Lipinski definition) is 1. The van der Waals surface area contributed by atoms with Crippen molar-refractivity contribution in [2.24, 2.45) is 0 Å². The molecule has 2 amide bonds. The molecule has 1 unspecified atom stereocenters. The quantitative estimate of drug-likeness (QED) is 0.398. The first kappa shape index (κ1) is 24.6. The molecule has 0 radical (unpaired) electrons. The van der Waals surface area contributed by atoms with Crippen LogP contribution in [0.3, 0.4) is 0 Å². The molecule has 0 heterocycles. The molecular weight excluding hydrogens is 428 g/mol. The highest BCUT2D eigenvalue weighted by atomic mass is 32.2. The number of rotatable bonds is 11. The third kappa shape index (κ3) is 7.79. The third-order valence-corrected chi connectivity index (χ3v) is 6.40. The van der Waals surface area contributed by atoms with E-state index in [0.29, 0.717) is 19.5 Å². The summed E-state index contributed by atoms with van der Waals surface area (Å²) in [6, 6.07) is 27.4. The molecule has 0 bridgehead atoms. The fraction of sp³-hybridized carbons (Fsp3) is 0.286. The van der Waals surface area contributed by atoms with Crippen LogP contribution in [0.1, 0.15) is 30.0 Å². The molecule has 3 aromatic carbocycles. The molecule has 0 saturated carbocycles. The number of hydrogen-bond acceptors (Lipinski definition) is 3. The summed E-state index contributed by atoms with van der Waals surface area (Å²) < 4.78 is 0. The van der Waals surface area contributed by atoms with Gasteiger partial charge in [0.25, 0.3) is 0 Å². The number of nitrogens with one attached hydrogen (secondary N) is 1. The second-order valence-electron chi connectivity index (χ2n) is 8.11. The van der Waals surface area contributed by atoms with Gasteiger partial charge in [0.05, 0.1) is 5.75 Å². The van der Waals surface area contributed by atoms with Gasteiger partial charge in [-0.3, -0.25) is 9.59 Å². The van der Waals surface area contributed by atoms with Gasteiger partial charge in [-0.25, -0.2) is 0 Å². The van der Waals surface area contributed by atoms with Gasteiger partial charge in [0.2, 0.25) is 11.8 Å². The van der Waals surface area contributed by atoms with Crippen molar-refractivity contribution >= 4 is 23.6 Å². The molecule has 1 atom stereocenters. The highest BCUT2D eigenvalue weighted by Crippen LogP contribution is 2.21. The Labute approximate surface area is 201 Å². The Morgan fingerprint density at radius 2 is 1.52 bits per heavy atom. The molecule has 0 aliphatic heterocycles. The van der Waals surface area contributed by atoms with Crippen LogP contribution in [-0.4, -0.2) is 35.1 Å². The number of amides is 2. The Morgan fingerprint density at radius 1 is 0.879 bits per heavy atom. The molecule has 3 rings (SSSR count). The van der Waals surface area contributed by atoms with Crippen molar-refractivity contribution < 1.29 is 9.59 Å². The lowest BCUT2D eigenvalue weighted by atomic mass is 10.0. The van der Waals surface area contributed by atoms with E-state index in [9.17, 15) is 9.59 Å². The SMILES string of the molecule is CCCNC(=O)C(Cc1ccccc1)N(Cc1ccc(C)cc1)C(=O)CSc1ccccc1. The van der Waals surface area contributed by atoms with Crippen molar-refractivity contribution in [2.45, 2.75) is 44.2 Å². The predicted octanol–water partition coefficient (Wildman–Crippen LogP) is 5.25. The fourth-order valence-electron chi connectivity index (χ4n) is 3.55. The maximum Gasteiger partial charge on any atom is 0.243 e. The van der Waals surface area contributed by atoms with Gasteiger partial charge in [-0.05, 0) is 36.6 Å². The second-order valence-corrected chi connectivity index (χ2v) is 9.15. The van der Waals surface area contributed by atoms with E-state index in [2.05, 4.69) is 5.32 Å². The first-order valence-electron chi connectivity index (χ1n) is 11.4. The number of carbonyl (C=O) groups is 2. The minimum absolute atomic E-state index is 0.0444. The van der Waals surface area contributed by atoms with Crippen LogP contribution < -0.4 is 5.32 Å². The van der Waals surface area contributed by atoms with Gasteiger partial charge in [-0.1, -0.05) is 85.3 Å². The van der Waals surface area contributed by atoms with Crippen LogP contribution in [0.25, 0.3) is 0 Å². The minimum atomic E-state index is -0.580. The zero-order chi connectivity index (χ0) is 23.5. The van der Waals surface area contributed by atoms with E-state index in [1.807, 2.05) is 98.8 Å². The third-order valence-electron chi connectivity index (χ3n) is 5.40. The minimum Gasteiger partial charge on any atom is -0.354 e. The number of carbonyl (C=O) groups excluding carboxylic acids is 2. The van der Waals surface area contributed by atoms with E-state index in [4.69, 9.17) is 0 Å². The largest absolute Gasteiger partial charge is 0.354 e. The number of nitrogens with zero attached hydrogens (tertiary/aromatic N) is 1. The summed E-state index contributed by atoms with van der Waals surface area (Å²) in [6.07, 6.45) is 1.32. The monoisotopic (exact) mass is 460 g/mol. The van der Waals surface area contributed by atoms with E-state index in [-0.39, 0.29) is 17.6 Å². The summed E-state index contributed by atoms with van der Waals surface area (Å²) in [5.74, 6) is 0.130. The van der Waals surface area contributed by atoms with Crippen LogP contribution in [0.5, 0.6) is 0 Å². The van der Waals surface area contributed by atoms with Gasteiger partial charge < -0.3 is 10.2 Å². The molecule has 4 nitrogen and oxygen atoms in total. The highest BCUT2D eigenvalue weighted by molar-refractivity contribution is 8.00. The lowest BCUT2D eigenvalue weighted by Crippen LogP contribution is -2.51. The lowest BCUT2D eigenvalue weighted by molar-refractivity contribution is -0.139. The Balaban J connectivity index is 1.87. The van der Waals surface area contributed by atoms with E-state index in [1.54, 1.807) is 4.90 Å². The molecule has 0 aliphatic carbocycles. The highest BCUT2D eigenvalue weighted by Gasteiger charge is 2.30. The van der Waals surface area contributed by atoms with Crippen molar-refractivity contribution in [1.82, 2.24) is 10.2 Å². The van der Waals surface area contributed by atoms with E-state index >= 15 is 0 Å². The molecule has 5 heteroatoms. The van der Waals surface area contributed by atoms with Crippen LogP contribution in [0.4, 0.5) is 0 Å². The smallest absolute Gasteiger partial charge is 0.243 e. The molecule has 0 saturated heterocycles. The molecule has 0 spiro atoms. The molecule has 0 aliphatic rings. The van der Waals surface area contributed by atoms with Crippen LogP contribution in [0.15, 0.2) is 89.8 Å². The van der Waals surface area contributed by atoms with Gasteiger partial charge in [0, 0.05) is 24.4 Å². The van der Waals surface area contributed by atoms with Crippen LogP contribution >= 0.6 is 11.8 Å². The van der Waals surface area contributed by atoms with Gasteiger partial charge in [-0.15, -0.1) is 11.8 Å². The first-order chi connectivity index (χ1) is 16.1. The van der Waals surface area contributed by atoms with Crippen LogP contribution in [0.2, 0.25) is 0 Å². The van der Waals surface area contributed by atoms with Crippen molar-refractivity contribution in [3.8, 4) is 0 Å². The summed E-state index contributed by atoms with van der Waals surface area (Å²) >= 11 is 1.50. The standard InChI is InChI=1S/C28H32N2O2S/c1-3-18-29-28(32)26(19-23-10-6-4-7-11-23)30(20-24-16-14-22(2)15-17-24)27(31)21-33-25-12-8-5-9-13-25/h4-17,26H,3,18-21H2,1-2H3,(H,29,32). The predicted molar refractivity (Wildman–Crippen MR) is 136 cm³/mol. The average molecular weight is 461 g/mol. The second kappa shape index (κ2) is 12.9. The molecular formula is C28H32N2O2S. The Hall–Kier alpha value is -3.05. The van der Waals surface area contributed by atoms with Crippen LogP contribution in [-0.2, 0) is 22.6 Å². The Morgan fingerprint density at radius 3 is 2.15 bits per heavy atom. The lowest BCUT2D eigenvalue weighted by Gasteiger charge is -2.31. The number of aryl methyl sites for hydroxylation is 1. The van der Waals surface area contributed by atoms with Crippen LogP contribution in [0, 0.1) is 6.92 Å².